The van der Waals surface area contributed by atoms with Gasteiger partial charge in [-0.25, -0.2) is 0 Å². The summed E-state index contributed by atoms with van der Waals surface area (Å²) in [7, 11) is -1.48. The average Bonchev–Trinajstić information content (AvgIpc) is 1.97. The largest absolute Gasteiger partial charge is 0.489 e. The van der Waals surface area contributed by atoms with Crippen LogP contribution in [0.4, 0.5) is 0 Å². The molecule has 3 N–H and O–H groups in total. The Morgan fingerprint density at radius 1 is 1.64 bits per heavy atom. The van der Waals surface area contributed by atoms with E-state index in [1.807, 2.05) is 0 Å². The van der Waals surface area contributed by atoms with Gasteiger partial charge in [0.05, 0.1) is 6.54 Å². The Morgan fingerprint density at radius 2 is 2.27 bits per heavy atom. The highest BCUT2D eigenvalue weighted by Gasteiger charge is 2.09. The van der Waals surface area contributed by atoms with Crippen LogP contribution in [-0.2, 0) is 0 Å². The van der Waals surface area contributed by atoms with E-state index in [2.05, 4.69) is 4.99 Å². The zero-order valence-corrected chi connectivity index (χ0v) is 6.36. The van der Waals surface area contributed by atoms with E-state index in [0.29, 0.717) is 5.47 Å². The minimum absolute atomic E-state index is 0.268. The fraction of sp³-hybridized carbons (Fsp3) is 0.333. The van der Waals surface area contributed by atoms with Gasteiger partial charge in [0.1, 0.15) is 0 Å². The van der Waals surface area contributed by atoms with Gasteiger partial charge in [-0.3, -0.25) is 4.99 Å². The Morgan fingerprint density at radius 3 is 2.64 bits per heavy atom. The van der Waals surface area contributed by atoms with Crippen molar-refractivity contribution in [3.8, 4) is 0 Å². The molecule has 0 saturated heterocycles. The smallest absolute Gasteiger partial charge is 0.423 e. The summed E-state index contributed by atoms with van der Waals surface area (Å²) in [6, 6.07) is 0. The number of hydrogen-bond donors (Lipinski definition) is 3. The molecule has 4 nitrogen and oxygen atoms in total. The van der Waals surface area contributed by atoms with Gasteiger partial charge in [0.15, 0.2) is 0 Å². The van der Waals surface area contributed by atoms with Crippen LogP contribution in [0.5, 0.6) is 0 Å². The summed E-state index contributed by atoms with van der Waals surface area (Å²) in [4.78, 5) is 3.73. The highest BCUT2D eigenvalue weighted by atomic mass is 16.4. The van der Waals surface area contributed by atoms with Gasteiger partial charge in [-0.05, 0) is 12.4 Å². The highest BCUT2D eigenvalue weighted by Crippen LogP contribution is 1.90. The summed E-state index contributed by atoms with van der Waals surface area (Å²) >= 11 is 0. The molecule has 0 spiro atoms. The van der Waals surface area contributed by atoms with Crippen molar-refractivity contribution in [2.24, 2.45) is 4.99 Å². The molecule has 0 unspecified atom stereocenters. The Balaban J connectivity index is 3.98. The Hall–Kier alpha value is -0.935. The minimum atomic E-state index is -1.48. The topological polar surface area (TPSA) is 76.7 Å². The summed E-state index contributed by atoms with van der Waals surface area (Å²) in [5.41, 5.74) is 0.340. The maximum Gasteiger partial charge on any atom is 0.489 e. The predicted octanol–water partition coefficient (Wildman–Crippen LogP) is -0.335. The molecule has 11 heavy (non-hydrogen) atoms. The van der Waals surface area contributed by atoms with Crippen molar-refractivity contribution in [3.05, 3.63) is 11.5 Å². The standard InChI is InChI=1S/C6H11BN2O2/c1-2-6(7(10)11)5-9-4-3-8/h2-3,5,8,10-11H,4H2,1H3/b6-2+,8-3?,9-5-. The first-order valence-electron chi connectivity index (χ1n) is 3.23. The molecule has 0 atom stereocenters. The third-order valence-electron chi connectivity index (χ3n) is 1.07. The maximum absolute atomic E-state index is 8.65. The van der Waals surface area contributed by atoms with Crippen LogP contribution in [0.2, 0.25) is 0 Å². The van der Waals surface area contributed by atoms with Crippen LogP contribution in [0.15, 0.2) is 16.5 Å². The van der Waals surface area contributed by atoms with Crippen LogP contribution >= 0.6 is 0 Å². The van der Waals surface area contributed by atoms with Crippen LogP contribution in [0.25, 0.3) is 0 Å². The van der Waals surface area contributed by atoms with Crippen LogP contribution in [-0.4, -0.2) is 36.1 Å². The van der Waals surface area contributed by atoms with Crippen molar-refractivity contribution < 1.29 is 10.0 Å². The fourth-order valence-electron chi connectivity index (χ4n) is 0.501. The molecule has 0 aromatic heterocycles. The summed E-state index contributed by atoms with van der Waals surface area (Å²) in [5.74, 6) is 0. The summed E-state index contributed by atoms with van der Waals surface area (Å²) < 4.78 is 0. The quantitative estimate of drug-likeness (QED) is 0.382. The van der Waals surface area contributed by atoms with Crippen molar-refractivity contribution in [3.63, 3.8) is 0 Å². The first-order valence-corrected chi connectivity index (χ1v) is 3.23. The van der Waals surface area contributed by atoms with Gasteiger partial charge in [0.2, 0.25) is 0 Å². The van der Waals surface area contributed by atoms with E-state index in [0.717, 1.165) is 6.21 Å². The lowest BCUT2D eigenvalue weighted by atomic mass is 9.80. The van der Waals surface area contributed by atoms with Crippen molar-refractivity contribution >= 4 is 19.5 Å². The van der Waals surface area contributed by atoms with E-state index >= 15 is 0 Å². The van der Waals surface area contributed by atoms with E-state index in [-0.39, 0.29) is 6.54 Å². The Bertz CT molecular complexity index is 177. The lowest BCUT2D eigenvalue weighted by molar-refractivity contribution is 0.422. The lowest BCUT2D eigenvalue weighted by Crippen LogP contribution is -2.16. The second-order valence-corrected chi connectivity index (χ2v) is 1.86. The van der Waals surface area contributed by atoms with E-state index in [1.165, 1.54) is 6.21 Å². The second-order valence-electron chi connectivity index (χ2n) is 1.86. The SMILES string of the molecule is C/C=C(\C=N/CC=N)B(O)O. The molecule has 0 heterocycles. The van der Waals surface area contributed by atoms with Gasteiger partial charge in [0, 0.05) is 12.4 Å². The molecule has 0 aromatic carbocycles. The number of rotatable bonds is 4. The van der Waals surface area contributed by atoms with E-state index in [9.17, 15) is 0 Å². The van der Waals surface area contributed by atoms with Crippen molar-refractivity contribution in [2.75, 3.05) is 6.54 Å². The molecule has 0 amide bonds. The molecular weight excluding hydrogens is 143 g/mol. The Labute approximate surface area is 65.9 Å². The predicted molar refractivity (Wildman–Crippen MR) is 46.1 cm³/mol. The van der Waals surface area contributed by atoms with Gasteiger partial charge < -0.3 is 15.5 Å². The number of hydrogen-bond acceptors (Lipinski definition) is 4. The van der Waals surface area contributed by atoms with E-state index < -0.39 is 7.12 Å². The number of nitrogens with zero attached hydrogens (tertiary/aromatic N) is 1. The van der Waals surface area contributed by atoms with Crippen molar-refractivity contribution in [1.29, 1.82) is 5.41 Å². The molecule has 0 radical (unpaired) electrons. The molecule has 0 rings (SSSR count). The fourth-order valence-corrected chi connectivity index (χ4v) is 0.501. The highest BCUT2D eigenvalue weighted by molar-refractivity contribution is 6.56. The summed E-state index contributed by atoms with van der Waals surface area (Å²) in [5, 5.41) is 23.9. The molecule has 0 aliphatic rings. The molecule has 5 heteroatoms. The zero-order chi connectivity index (χ0) is 8.69. The van der Waals surface area contributed by atoms with Gasteiger partial charge in [0.25, 0.3) is 0 Å². The number of allylic oxidation sites excluding steroid dienone is 2. The average molecular weight is 154 g/mol. The zero-order valence-electron chi connectivity index (χ0n) is 6.36. The molecule has 0 aromatic rings. The van der Waals surface area contributed by atoms with Gasteiger partial charge in [-0.1, -0.05) is 6.08 Å². The summed E-state index contributed by atoms with van der Waals surface area (Å²) in [6.07, 6.45) is 4.03. The van der Waals surface area contributed by atoms with E-state index in [4.69, 9.17) is 15.5 Å². The molecule has 0 aliphatic heterocycles. The van der Waals surface area contributed by atoms with Gasteiger partial charge in [-0.2, -0.15) is 0 Å². The molecule has 0 saturated carbocycles. The third kappa shape index (κ3) is 4.47. The van der Waals surface area contributed by atoms with Crippen LogP contribution < -0.4 is 0 Å². The third-order valence-corrected chi connectivity index (χ3v) is 1.07. The molecule has 0 bridgehead atoms. The maximum atomic E-state index is 8.65. The van der Waals surface area contributed by atoms with E-state index in [1.54, 1.807) is 13.0 Å². The van der Waals surface area contributed by atoms with Gasteiger partial charge in [-0.15, -0.1) is 0 Å². The number of nitrogens with one attached hydrogen (secondary N) is 1. The minimum Gasteiger partial charge on any atom is -0.423 e. The van der Waals surface area contributed by atoms with Gasteiger partial charge >= 0.3 is 7.12 Å². The van der Waals surface area contributed by atoms with Crippen molar-refractivity contribution in [2.45, 2.75) is 6.92 Å². The second kappa shape index (κ2) is 5.82. The van der Waals surface area contributed by atoms with Crippen LogP contribution in [0, 0.1) is 5.41 Å². The normalized spacial score (nSPS) is 12.1. The molecule has 0 fully saturated rings. The first kappa shape index (κ1) is 10.1. The Kier molecular flexibility index (Phi) is 5.33. The first-order chi connectivity index (χ1) is 5.22. The molecule has 0 aliphatic carbocycles. The molecule has 60 valence electrons. The number of aliphatic imine (C=N–C) groups is 1. The van der Waals surface area contributed by atoms with Crippen LogP contribution in [0.3, 0.4) is 0 Å². The summed E-state index contributed by atoms with van der Waals surface area (Å²) in [6.45, 7) is 1.95. The monoisotopic (exact) mass is 154 g/mol. The van der Waals surface area contributed by atoms with Crippen molar-refractivity contribution in [1.82, 2.24) is 0 Å². The van der Waals surface area contributed by atoms with Crippen LogP contribution in [0.1, 0.15) is 6.92 Å². The molecular formula is C6H11BN2O2. The lowest BCUT2D eigenvalue weighted by Gasteiger charge is -1.95.